The van der Waals surface area contributed by atoms with Crippen LogP contribution in [0.15, 0.2) is 24.3 Å². The summed E-state index contributed by atoms with van der Waals surface area (Å²) < 4.78 is 41.6. The van der Waals surface area contributed by atoms with Crippen LogP contribution in [-0.4, -0.2) is 40.8 Å². The zero-order valence-corrected chi connectivity index (χ0v) is 13.3. The highest BCUT2D eigenvalue weighted by atomic mass is 19.4. The molecule has 1 aromatic carbocycles. The molecule has 5 nitrogen and oxygen atoms in total. The molecular weight excluding hydrogens is 339 g/mol. The van der Waals surface area contributed by atoms with E-state index in [-0.39, 0.29) is 30.0 Å². The molecule has 3 atom stereocenters. The molecule has 8 heteroatoms. The van der Waals surface area contributed by atoms with E-state index in [9.17, 15) is 22.8 Å². The van der Waals surface area contributed by atoms with Crippen LogP contribution in [0.5, 0.6) is 5.75 Å². The van der Waals surface area contributed by atoms with Crippen LogP contribution >= 0.6 is 0 Å². The van der Waals surface area contributed by atoms with Crippen LogP contribution in [0.25, 0.3) is 0 Å². The van der Waals surface area contributed by atoms with E-state index in [1.54, 1.807) is 11.0 Å². The van der Waals surface area contributed by atoms with Crippen molar-refractivity contribution in [3.8, 4) is 5.75 Å². The maximum atomic E-state index is 12.6. The number of rotatable bonds is 5. The second-order valence-electron chi connectivity index (χ2n) is 6.46. The van der Waals surface area contributed by atoms with E-state index >= 15 is 0 Å². The van der Waals surface area contributed by atoms with Crippen LogP contribution in [0.2, 0.25) is 0 Å². The van der Waals surface area contributed by atoms with E-state index in [0.717, 1.165) is 6.42 Å². The SMILES string of the molecule is O=C(O)CC1CCCN1C(=O)C1CC1c1ccccc1OC(F)(F)F. The van der Waals surface area contributed by atoms with Crippen LogP contribution in [0, 0.1) is 5.92 Å². The molecule has 136 valence electrons. The first kappa shape index (κ1) is 17.6. The highest BCUT2D eigenvalue weighted by molar-refractivity contribution is 5.84. The van der Waals surface area contributed by atoms with E-state index in [0.29, 0.717) is 24.9 Å². The number of hydrogen-bond donors (Lipinski definition) is 1. The summed E-state index contributed by atoms with van der Waals surface area (Å²) in [5, 5.41) is 8.94. The number of carboxylic acids is 1. The quantitative estimate of drug-likeness (QED) is 0.879. The number of hydrogen-bond acceptors (Lipinski definition) is 3. The van der Waals surface area contributed by atoms with Gasteiger partial charge in [0.2, 0.25) is 5.91 Å². The highest BCUT2D eigenvalue weighted by Gasteiger charge is 2.49. The largest absolute Gasteiger partial charge is 0.573 e. The predicted octanol–water partition coefficient (Wildman–Crippen LogP) is 3.15. The number of halogens is 3. The minimum absolute atomic E-state index is 0.100. The summed E-state index contributed by atoms with van der Waals surface area (Å²) in [7, 11) is 0. The monoisotopic (exact) mass is 357 g/mol. The van der Waals surface area contributed by atoms with Gasteiger partial charge in [0, 0.05) is 18.5 Å². The van der Waals surface area contributed by atoms with Gasteiger partial charge in [0.05, 0.1) is 6.42 Å². The Morgan fingerprint density at radius 1 is 1.28 bits per heavy atom. The van der Waals surface area contributed by atoms with E-state index in [4.69, 9.17) is 5.11 Å². The number of carbonyl (C=O) groups excluding carboxylic acids is 1. The normalized spacial score (nSPS) is 25.7. The summed E-state index contributed by atoms with van der Waals surface area (Å²) in [4.78, 5) is 25.1. The summed E-state index contributed by atoms with van der Waals surface area (Å²) >= 11 is 0. The lowest BCUT2D eigenvalue weighted by molar-refractivity contribution is -0.274. The van der Waals surface area contributed by atoms with E-state index in [1.807, 2.05) is 0 Å². The Hall–Kier alpha value is -2.25. The fourth-order valence-corrected chi connectivity index (χ4v) is 3.57. The fraction of sp³-hybridized carbons (Fsp3) is 0.529. The van der Waals surface area contributed by atoms with Gasteiger partial charge in [-0.3, -0.25) is 9.59 Å². The molecule has 3 unspecified atom stereocenters. The van der Waals surface area contributed by atoms with Gasteiger partial charge >= 0.3 is 12.3 Å². The number of carboxylic acid groups (broad SMARTS) is 1. The van der Waals surface area contributed by atoms with Crippen molar-refractivity contribution in [2.45, 2.75) is 44.0 Å². The molecule has 1 aliphatic heterocycles. The molecule has 2 aliphatic rings. The third-order valence-electron chi connectivity index (χ3n) is 4.72. The Labute approximate surface area is 142 Å². The summed E-state index contributed by atoms with van der Waals surface area (Å²) in [6, 6.07) is 5.52. The number of para-hydroxylation sites is 1. The predicted molar refractivity (Wildman–Crippen MR) is 81.0 cm³/mol. The molecule has 1 saturated heterocycles. The maximum absolute atomic E-state index is 12.6. The van der Waals surface area contributed by atoms with Crippen molar-refractivity contribution >= 4 is 11.9 Å². The van der Waals surface area contributed by atoms with Crippen molar-refractivity contribution in [2.24, 2.45) is 5.92 Å². The first-order valence-corrected chi connectivity index (χ1v) is 8.13. The van der Waals surface area contributed by atoms with Crippen LogP contribution < -0.4 is 4.74 Å². The molecule has 1 heterocycles. The van der Waals surface area contributed by atoms with E-state index in [2.05, 4.69) is 4.74 Å². The smallest absolute Gasteiger partial charge is 0.481 e. The Kier molecular flexibility index (Phi) is 4.62. The van der Waals surface area contributed by atoms with Crippen molar-refractivity contribution in [1.82, 2.24) is 4.90 Å². The van der Waals surface area contributed by atoms with Gasteiger partial charge in [-0.2, -0.15) is 0 Å². The van der Waals surface area contributed by atoms with Crippen LogP contribution in [0.4, 0.5) is 13.2 Å². The Morgan fingerprint density at radius 2 is 2.00 bits per heavy atom. The zero-order valence-electron chi connectivity index (χ0n) is 13.3. The molecule has 0 radical (unpaired) electrons. The Bertz CT molecular complexity index is 676. The van der Waals surface area contributed by atoms with Crippen LogP contribution in [0.3, 0.4) is 0 Å². The minimum atomic E-state index is -4.79. The molecule has 2 fully saturated rings. The molecule has 1 N–H and O–H groups in total. The number of ether oxygens (including phenoxy) is 1. The van der Waals surface area contributed by atoms with Crippen molar-refractivity contribution in [1.29, 1.82) is 0 Å². The summed E-state index contributed by atoms with van der Waals surface area (Å²) in [5.74, 6) is -2.14. The number of likely N-dealkylation sites (tertiary alicyclic amines) is 1. The standard InChI is InChI=1S/C17H18F3NO4/c18-17(19,20)25-14-6-2-1-5-11(14)12-9-13(12)16(24)21-7-3-4-10(21)8-15(22)23/h1-2,5-6,10,12-13H,3-4,7-9H2,(H,22,23). The number of nitrogens with zero attached hydrogens (tertiary/aromatic N) is 1. The van der Waals surface area contributed by atoms with E-state index in [1.165, 1.54) is 18.2 Å². The van der Waals surface area contributed by atoms with Gasteiger partial charge in [-0.05, 0) is 36.8 Å². The minimum Gasteiger partial charge on any atom is -0.481 e. The zero-order chi connectivity index (χ0) is 18.2. The topological polar surface area (TPSA) is 66.8 Å². The van der Waals surface area contributed by atoms with Gasteiger partial charge in [0.1, 0.15) is 5.75 Å². The van der Waals surface area contributed by atoms with E-state index < -0.39 is 18.2 Å². The molecule has 0 bridgehead atoms. The molecule has 25 heavy (non-hydrogen) atoms. The number of carbonyl (C=O) groups is 2. The second-order valence-corrected chi connectivity index (χ2v) is 6.46. The van der Waals surface area contributed by atoms with Crippen LogP contribution in [0.1, 0.15) is 37.2 Å². The third-order valence-corrected chi connectivity index (χ3v) is 4.72. The fourth-order valence-electron chi connectivity index (χ4n) is 3.57. The van der Waals surface area contributed by atoms with Crippen molar-refractivity contribution in [2.75, 3.05) is 6.54 Å². The van der Waals surface area contributed by atoms with Crippen molar-refractivity contribution < 1.29 is 32.6 Å². The first-order chi connectivity index (χ1) is 11.8. The maximum Gasteiger partial charge on any atom is 0.573 e. The average molecular weight is 357 g/mol. The van der Waals surface area contributed by atoms with Gasteiger partial charge < -0.3 is 14.7 Å². The highest BCUT2D eigenvalue weighted by Crippen LogP contribution is 2.52. The molecule has 3 rings (SSSR count). The third kappa shape index (κ3) is 4.05. The van der Waals surface area contributed by atoms with Gasteiger partial charge in [0.15, 0.2) is 0 Å². The first-order valence-electron chi connectivity index (χ1n) is 8.13. The van der Waals surface area contributed by atoms with Crippen molar-refractivity contribution in [3.05, 3.63) is 29.8 Å². The molecular formula is C17H18F3NO4. The molecule has 1 aromatic rings. The number of benzene rings is 1. The molecule has 1 saturated carbocycles. The number of alkyl halides is 3. The lowest BCUT2D eigenvalue weighted by atomic mass is 10.1. The molecule has 1 amide bonds. The van der Waals surface area contributed by atoms with Gasteiger partial charge in [-0.15, -0.1) is 13.2 Å². The summed E-state index contributed by atoms with van der Waals surface area (Å²) in [6.07, 6.45) is -3.05. The van der Waals surface area contributed by atoms with Gasteiger partial charge in [-0.25, -0.2) is 0 Å². The average Bonchev–Trinajstić information content (AvgIpc) is 3.17. The van der Waals surface area contributed by atoms with Gasteiger partial charge in [-0.1, -0.05) is 18.2 Å². The molecule has 0 spiro atoms. The second kappa shape index (κ2) is 6.57. The lowest BCUT2D eigenvalue weighted by Gasteiger charge is -2.24. The summed E-state index contributed by atoms with van der Waals surface area (Å²) in [6.45, 7) is 0.501. The Balaban J connectivity index is 1.70. The lowest BCUT2D eigenvalue weighted by Crippen LogP contribution is -2.38. The van der Waals surface area contributed by atoms with Crippen molar-refractivity contribution in [3.63, 3.8) is 0 Å². The summed E-state index contributed by atoms with van der Waals surface area (Å²) in [5.41, 5.74) is 0.368. The Morgan fingerprint density at radius 3 is 2.68 bits per heavy atom. The molecule has 1 aliphatic carbocycles. The molecule has 0 aromatic heterocycles. The number of aliphatic carboxylic acids is 1. The van der Waals surface area contributed by atoms with Crippen LogP contribution in [-0.2, 0) is 9.59 Å². The van der Waals surface area contributed by atoms with Gasteiger partial charge in [0.25, 0.3) is 0 Å². The number of amides is 1.